The average molecular weight is 611 g/mol. The Labute approximate surface area is 234 Å². The molecule has 40 heavy (non-hydrogen) atoms. The summed E-state index contributed by atoms with van der Waals surface area (Å²) in [5.41, 5.74) is -9.21. The highest BCUT2D eigenvalue weighted by atomic mass is 35.5. The minimum atomic E-state index is -6.08. The van der Waals surface area contributed by atoms with Gasteiger partial charge in [0.1, 0.15) is 24.6 Å². The molecular formula is C24H30ClF3N4O7S. The van der Waals surface area contributed by atoms with Gasteiger partial charge in [0.2, 0.25) is 0 Å². The Kier molecular flexibility index (Phi) is 8.38. The molecule has 3 rings (SSSR count). The van der Waals surface area contributed by atoms with Gasteiger partial charge in [-0.3, -0.25) is 13.8 Å². The normalized spacial score (nSPS) is 22.5. The van der Waals surface area contributed by atoms with Gasteiger partial charge < -0.3 is 14.0 Å². The number of fused-ring (bicyclic) bond motifs is 1. The Morgan fingerprint density at radius 1 is 1.07 bits per heavy atom. The Balaban J connectivity index is 2.16. The summed E-state index contributed by atoms with van der Waals surface area (Å²) in [5, 5.41) is 0.0352. The van der Waals surface area contributed by atoms with Gasteiger partial charge >= 0.3 is 27.6 Å². The van der Waals surface area contributed by atoms with Crippen molar-refractivity contribution in [1.82, 2.24) is 19.5 Å². The second-order valence-corrected chi connectivity index (χ2v) is 13.5. The van der Waals surface area contributed by atoms with Crippen molar-refractivity contribution in [3.63, 3.8) is 0 Å². The first-order valence-electron chi connectivity index (χ1n) is 12.0. The van der Waals surface area contributed by atoms with E-state index in [0.29, 0.717) is 0 Å². The average Bonchev–Trinajstić information content (AvgIpc) is 3.35. The quantitative estimate of drug-likeness (QED) is 0.146. The van der Waals surface area contributed by atoms with Crippen molar-refractivity contribution in [1.29, 1.82) is 0 Å². The van der Waals surface area contributed by atoms with Crippen LogP contribution in [-0.2, 0) is 33.4 Å². The maximum atomic E-state index is 13.2. The van der Waals surface area contributed by atoms with Gasteiger partial charge in [-0.15, -0.1) is 0 Å². The minimum Gasteiger partial charge on any atom is -0.464 e. The third-order valence-electron chi connectivity index (χ3n) is 6.44. The lowest BCUT2D eigenvalue weighted by Gasteiger charge is -2.36. The maximum Gasteiger partial charge on any atom is 0.523 e. The second-order valence-electron chi connectivity index (χ2n) is 11.6. The number of hydrogen-bond donors (Lipinski definition) is 0. The lowest BCUT2D eigenvalue weighted by Crippen LogP contribution is -2.46. The van der Waals surface area contributed by atoms with E-state index in [2.05, 4.69) is 25.7 Å². The maximum absolute atomic E-state index is 13.2. The van der Waals surface area contributed by atoms with Crippen LogP contribution in [0.4, 0.5) is 13.2 Å². The van der Waals surface area contributed by atoms with E-state index in [-0.39, 0.29) is 28.3 Å². The highest BCUT2D eigenvalue weighted by molar-refractivity contribution is 7.87. The van der Waals surface area contributed by atoms with Gasteiger partial charge in [-0.25, -0.2) is 15.0 Å². The Morgan fingerprint density at radius 3 is 2.23 bits per heavy atom. The van der Waals surface area contributed by atoms with Crippen molar-refractivity contribution in [2.45, 2.75) is 65.6 Å². The fraction of sp³-hybridized carbons (Fsp3) is 0.625. The molecule has 0 aromatic carbocycles. The molecule has 0 unspecified atom stereocenters. The summed E-state index contributed by atoms with van der Waals surface area (Å²) in [4.78, 5) is 37.9. The molecule has 0 saturated heterocycles. The van der Waals surface area contributed by atoms with Gasteiger partial charge in [0, 0.05) is 6.42 Å². The van der Waals surface area contributed by atoms with E-state index in [1.807, 2.05) is 0 Å². The van der Waals surface area contributed by atoms with Crippen LogP contribution < -0.4 is 0 Å². The number of hydrogen-bond acceptors (Lipinski definition) is 10. The predicted molar refractivity (Wildman–Crippen MR) is 136 cm³/mol. The molecule has 1 aliphatic rings. The zero-order valence-corrected chi connectivity index (χ0v) is 24.3. The van der Waals surface area contributed by atoms with Gasteiger partial charge in [-0.05, 0) is 47.1 Å². The van der Waals surface area contributed by atoms with Crippen molar-refractivity contribution >= 4 is 44.8 Å². The monoisotopic (exact) mass is 610 g/mol. The van der Waals surface area contributed by atoms with Crippen LogP contribution in [-0.4, -0.2) is 64.7 Å². The van der Waals surface area contributed by atoms with Crippen molar-refractivity contribution in [3.8, 4) is 0 Å². The highest BCUT2D eigenvalue weighted by Crippen LogP contribution is 2.52. The number of nitrogens with zero attached hydrogens (tertiary/aromatic N) is 4. The van der Waals surface area contributed by atoms with Crippen molar-refractivity contribution in [2.24, 2.45) is 16.2 Å². The molecule has 0 radical (unpaired) electrons. The van der Waals surface area contributed by atoms with E-state index >= 15 is 0 Å². The number of aromatic nitrogens is 4. The molecule has 1 aliphatic carbocycles. The molecule has 0 bridgehead atoms. The predicted octanol–water partition coefficient (Wildman–Crippen LogP) is 4.38. The Bertz CT molecular complexity index is 1430. The zero-order chi connectivity index (χ0) is 30.5. The summed E-state index contributed by atoms with van der Waals surface area (Å²) in [6.45, 7) is 11.5. The molecule has 2 aromatic rings. The smallest absolute Gasteiger partial charge is 0.464 e. The third-order valence-corrected chi connectivity index (χ3v) is 7.71. The second kappa shape index (κ2) is 10.6. The fourth-order valence-electron chi connectivity index (χ4n) is 3.98. The molecule has 11 nitrogen and oxygen atoms in total. The lowest BCUT2D eigenvalue weighted by atomic mass is 9.81. The van der Waals surface area contributed by atoms with E-state index in [4.69, 9.17) is 21.1 Å². The first kappa shape index (κ1) is 31.7. The van der Waals surface area contributed by atoms with E-state index in [0.717, 1.165) is 0 Å². The lowest BCUT2D eigenvalue weighted by molar-refractivity contribution is -0.171. The van der Waals surface area contributed by atoms with Gasteiger partial charge in [0.15, 0.2) is 10.8 Å². The molecule has 1 fully saturated rings. The van der Waals surface area contributed by atoms with Gasteiger partial charge in [0.25, 0.3) is 0 Å². The number of carbonyl (C=O) groups is 2. The molecule has 2 aromatic heterocycles. The summed E-state index contributed by atoms with van der Waals surface area (Å²) in [6, 6.07) is -0.862. The molecule has 16 heteroatoms. The van der Waals surface area contributed by atoms with Crippen molar-refractivity contribution in [3.05, 3.63) is 30.0 Å². The van der Waals surface area contributed by atoms with Crippen LogP contribution in [0.3, 0.4) is 0 Å². The number of carbonyl (C=O) groups excluding carboxylic acids is 2. The third kappa shape index (κ3) is 6.10. The van der Waals surface area contributed by atoms with E-state index in [1.165, 1.54) is 17.2 Å². The molecular weight excluding hydrogens is 581 g/mol. The fourth-order valence-corrected chi connectivity index (χ4v) is 4.66. The van der Waals surface area contributed by atoms with Crippen LogP contribution in [0, 0.1) is 16.2 Å². The van der Waals surface area contributed by atoms with E-state index in [9.17, 15) is 31.2 Å². The molecule has 0 amide bonds. The number of imidazole rings is 1. The molecule has 0 N–H and O–H groups in total. The van der Waals surface area contributed by atoms with E-state index < -0.39 is 69.2 Å². The largest absolute Gasteiger partial charge is 0.523 e. The Hall–Kier alpha value is -2.78. The summed E-state index contributed by atoms with van der Waals surface area (Å²) >= 11 is 6.12. The SMILES string of the molecule is C=C1[C@@H](n2cnc3c(Cl)ncnc32)C[C@H](OC(=O)C(C)(C)C)[C@]1(COC(=O)C(C)(C)C)COS(=O)(=O)C(F)(F)F. The van der Waals surface area contributed by atoms with Gasteiger partial charge in [0.05, 0.1) is 35.2 Å². The van der Waals surface area contributed by atoms with Crippen LogP contribution >= 0.6 is 11.6 Å². The van der Waals surface area contributed by atoms with Crippen molar-refractivity contribution < 1.29 is 44.8 Å². The van der Waals surface area contributed by atoms with Crippen molar-refractivity contribution in [2.75, 3.05) is 13.2 Å². The van der Waals surface area contributed by atoms with Gasteiger partial charge in [-0.2, -0.15) is 21.6 Å². The van der Waals surface area contributed by atoms with Crippen LogP contribution in [0.15, 0.2) is 24.8 Å². The summed E-state index contributed by atoms with van der Waals surface area (Å²) in [6.07, 6.45) is 1.07. The molecule has 0 aliphatic heterocycles. The minimum absolute atomic E-state index is 0.0352. The number of halogens is 4. The summed E-state index contributed by atoms with van der Waals surface area (Å²) < 4.78 is 80.7. The first-order chi connectivity index (χ1) is 18.1. The van der Waals surface area contributed by atoms with Crippen LogP contribution in [0.1, 0.15) is 54.0 Å². The molecule has 0 spiro atoms. The topological polar surface area (TPSA) is 140 Å². The van der Waals surface area contributed by atoms with Crippen LogP contribution in [0.25, 0.3) is 11.2 Å². The van der Waals surface area contributed by atoms with E-state index in [1.54, 1.807) is 41.5 Å². The number of alkyl halides is 3. The number of ether oxygens (including phenoxy) is 2. The molecule has 222 valence electrons. The Morgan fingerprint density at radius 2 is 1.68 bits per heavy atom. The number of esters is 2. The standard InChI is InChI=1S/C24H30ClF3N4O7S/c1-13-14(32-12-31-16-17(25)29-11-30-18(16)32)8-15(39-20(34)22(5,6)7)23(13,9-37-19(33)21(2,3)4)10-38-40(35,36)24(26,27)28/h11-12,14-15H,1,8-10H2,2-7H3/t14-,15-,23+/m0/s1. The molecule has 1 saturated carbocycles. The molecule has 3 atom stereocenters. The first-order valence-corrected chi connectivity index (χ1v) is 13.8. The summed E-state index contributed by atoms with van der Waals surface area (Å²) in [5.74, 6) is -1.48. The van der Waals surface area contributed by atoms with Crippen LogP contribution in [0.5, 0.6) is 0 Å². The van der Waals surface area contributed by atoms with Gasteiger partial charge in [-0.1, -0.05) is 18.2 Å². The number of rotatable bonds is 7. The zero-order valence-electron chi connectivity index (χ0n) is 22.7. The highest BCUT2D eigenvalue weighted by Gasteiger charge is 2.58. The summed E-state index contributed by atoms with van der Waals surface area (Å²) in [7, 11) is -6.08. The molecule has 2 heterocycles. The van der Waals surface area contributed by atoms with Crippen LogP contribution in [0.2, 0.25) is 5.15 Å².